The molecule has 1 aromatic heterocycles. The van der Waals surface area contributed by atoms with Gasteiger partial charge in [0.15, 0.2) is 0 Å². The molecule has 1 atom stereocenters. The lowest BCUT2D eigenvalue weighted by atomic mass is 10.0. The quantitative estimate of drug-likeness (QED) is 0.809. The molecule has 21 heavy (non-hydrogen) atoms. The molecule has 2 aromatic rings. The van der Waals surface area contributed by atoms with Crippen LogP contribution in [0.2, 0.25) is 4.34 Å². The first-order chi connectivity index (χ1) is 10.1. The van der Waals surface area contributed by atoms with Crippen molar-refractivity contribution in [2.75, 3.05) is 5.32 Å². The van der Waals surface area contributed by atoms with E-state index in [2.05, 4.69) is 5.32 Å². The van der Waals surface area contributed by atoms with Crippen molar-refractivity contribution in [1.82, 2.24) is 4.90 Å². The first-order valence-electron chi connectivity index (χ1n) is 6.61. The Morgan fingerprint density at radius 2 is 2.10 bits per heavy atom. The smallest absolute Gasteiger partial charge is 0.255 e. The third kappa shape index (κ3) is 1.88. The maximum absolute atomic E-state index is 12.6. The van der Waals surface area contributed by atoms with Crippen molar-refractivity contribution in [1.29, 1.82) is 0 Å². The van der Waals surface area contributed by atoms with Crippen molar-refractivity contribution >= 4 is 40.4 Å². The van der Waals surface area contributed by atoms with Gasteiger partial charge in [-0.3, -0.25) is 9.59 Å². The Morgan fingerprint density at radius 1 is 1.29 bits per heavy atom. The average Bonchev–Trinajstić information content (AvgIpc) is 2.91. The van der Waals surface area contributed by atoms with E-state index in [0.29, 0.717) is 16.4 Å². The van der Waals surface area contributed by atoms with Crippen LogP contribution in [0, 0.1) is 0 Å². The number of carbonyl (C=O) groups excluding carboxylic acids is 2. The SMILES string of the molecule is O=C1CC2c3ccccc3C(=O)N2Cc2c(csc2Cl)N1. The second-order valence-electron chi connectivity index (χ2n) is 5.19. The van der Waals surface area contributed by atoms with E-state index in [-0.39, 0.29) is 24.3 Å². The summed E-state index contributed by atoms with van der Waals surface area (Å²) in [6.45, 7) is 0.427. The van der Waals surface area contributed by atoms with Crippen LogP contribution in [0.5, 0.6) is 0 Å². The van der Waals surface area contributed by atoms with E-state index < -0.39 is 0 Å². The van der Waals surface area contributed by atoms with Crippen LogP contribution in [0.25, 0.3) is 0 Å². The van der Waals surface area contributed by atoms with Gasteiger partial charge in [0.1, 0.15) is 0 Å². The zero-order chi connectivity index (χ0) is 14.6. The van der Waals surface area contributed by atoms with Gasteiger partial charge in [-0.1, -0.05) is 29.8 Å². The van der Waals surface area contributed by atoms with Crippen LogP contribution in [0.15, 0.2) is 29.6 Å². The molecule has 0 fully saturated rings. The topological polar surface area (TPSA) is 49.4 Å². The summed E-state index contributed by atoms with van der Waals surface area (Å²) >= 11 is 7.58. The van der Waals surface area contributed by atoms with Crippen molar-refractivity contribution < 1.29 is 9.59 Å². The standard InChI is InChI=1S/C15H11ClN2O2S/c16-14-10-6-18-12(5-13(19)17-11(10)7-21-14)8-3-1-2-4-9(8)15(18)20/h1-4,7,12H,5-6H2,(H,17,19). The van der Waals surface area contributed by atoms with E-state index in [1.165, 1.54) is 11.3 Å². The Morgan fingerprint density at radius 3 is 2.95 bits per heavy atom. The second-order valence-corrected chi connectivity index (χ2v) is 6.67. The number of carbonyl (C=O) groups is 2. The summed E-state index contributed by atoms with van der Waals surface area (Å²) in [5.41, 5.74) is 3.15. The van der Waals surface area contributed by atoms with E-state index in [1.54, 1.807) is 4.90 Å². The number of halogens is 1. The average molecular weight is 319 g/mol. The predicted molar refractivity (Wildman–Crippen MR) is 81.6 cm³/mol. The Kier molecular flexibility index (Phi) is 2.80. The molecule has 0 saturated carbocycles. The van der Waals surface area contributed by atoms with Gasteiger partial charge >= 0.3 is 0 Å². The van der Waals surface area contributed by atoms with Gasteiger partial charge in [0.05, 0.1) is 29.0 Å². The number of hydrogen-bond acceptors (Lipinski definition) is 3. The molecule has 106 valence electrons. The molecule has 0 bridgehead atoms. The summed E-state index contributed by atoms with van der Waals surface area (Å²) in [4.78, 5) is 26.5. The minimum atomic E-state index is -0.210. The second kappa shape index (κ2) is 4.58. The number of nitrogens with zero attached hydrogens (tertiary/aromatic N) is 1. The number of nitrogens with one attached hydrogen (secondary N) is 1. The molecule has 0 spiro atoms. The van der Waals surface area contributed by atoms with Crippen LogP contribution in [-0.4, -0.2) is 16.7 Å². The minimum Gasteiger partial charge on any atom is -0.327 e. The summed E-state index contributed by atoms with van der Waals surface area (Å²) < 4.78 is 0.620. The third-order valence-corrected chi connectivity index (χ3v) is 5.31. The maximum atomic E-state index is 12.6. The van der Waals surface area contributed by atoms with Crippen LogP contribution in [0.3, 0.4) is 0 Å². The van der Waals surface area contributed by atoms with Gasteiger partial charge < -0.3 is 10.2 Å². The highest BCUT2D eigenvalue weighted by Crippen LogP contribution is 2.42. The highest BCUT2D eigenvalue weighted by Gasteiger charge is 2.39. The molecule has 0 radical (unpaired) electrons. The van der Waals surface area contributed by atoms with Crippen LogP contribution in [0.4, 0.5) is 5.69 Å². The summed E-state index contributed by atoms with van der Waals surface area (Å²) in [5, 5.41) is 4.71. The Balaban J connectivity index is 1.84. The number of hydrogen-bond donors (Lipinski definition) is 1. The number of fused-ring (bicyclic) bond motifs is 4. The monoisotopic (exact) mass is 318 g/mol. The van der Waals surface area contributed by atoms with Gasteiger partial charge in [-0.05, 0) is 11.6 Å². The predicted octanol–water partition coefficient (Wildman–Crippen LogP) is 3.44. The van der Waals surface area contributed by atoms with Crippen LogP contribution in [0.1, 0.15) is 33.9 Å². The molecular formula is C15H11ClN2O2S. The lowest BCUT2D eigenvalue weighted by molar-refractivity contribution is -0.117. The van der Waals surface area contributed by atoms with Crippen LogP contribution in [-0.2, 0) is 11.3 Å². The highest BCUT2D eigenvalue weighted by molar-refractivity contribution is 7.15. The molecule has 2 aliphatic heterocycles. The van der Waals surface area contributed by atoms with Gasteiger partial charge in [-0.2, -0.15) is 0 Å². The van der Waals surface area contributed by atoms with Gasteiger partial charge in [0.25, 0.3) is 5.91 Å². The molecule has 1 aromatic carbocycles. The lowest BCUT2D eigenvalue weighted by Gasteiger charge is -2.27. The molecule has 3 heterocycles. The molecule has 2 aliphatic rings. The third-order valence-electron chi connectivity index (χ3n) is 4.01. The molecule has 1 N–H and O–H groups in total. The Hall–Kier alpha value is -1.85. The summed E-state index contributed by atoms with van der Waals surface area (Å²) in [6, 6.07) is 7.27. The van der Waals surface area contributed by atoms with Crippen molar-refractivity contribution in [3.8, 4) is 0 Å². The molecule has 6 heteroatoms. The molecular weight excluding hydrogens is 308 g/mol. The van der Waals surface area contributed by atoms with E-state index in [1.807, 2.05) is 29.6 Å². The van der Waals surface area contributed by atoms with Crippen molar-refractivity contribution in [3.05, 3.63) is 50.7 Å². The fourth-order valence-corrected chi connectivity index (χ4v) is 4.04. The largest absolute Gasteiger partial charge is 0.327 e. The number of thiophene rings is 1. The van der Waals surface area contributed by atoms with Crippen molar-refractivity contribution in [2.24, 2.45) is 0 Å². The van der Waals surface area contributed by atoms with E-state index in [0.717, 1.165) is 16.8 Å². The van der Waals surface area contributed by atoms with Gasteiger partial charge in [0.2, 0.25) is 5.91 Å². The molecule has 0 saturated heterocycles. The fourth-order valence-electron chi connectivity index (χ4n) is 3.01. The first-order valence-corrected chi connectivity index (χ1v) is 7.86. The van der Waals surface area contributed by atoms with E-state index in [4.69, 9.17) is 11.6 Å². The molecule has 0 aliphatic carbocycles. The normalized spacial score (nSPS) is 20.2. The first kappa shape index (κ1) is 12.9. The lowest BCUT2D eigenvalue weighted by Crippen LogP contribution is -2.32. The molecule has 4 nitrogen and oxygen atoms in total. The Bertz CT molecular complexity index is 771. The van der Waals surface area contributed by atoms with Crippen molar-refractivity contribution in [2.45, 2.75) is 19.0 Å². The van der Waals surface area contributed by atoms with Gasteiger partial charge in [-0.25, -0.2) is 0 Å². The summed E-state index contributed by atoms with van der Waals surface area (Å²) in [6.07, 6.45) is 0.273. The Labute approximate surface area is 130 Å². The number of rotatable bonds is 0. The summed E-state index contributed by atoms with van der Waals surface area (Å²) in [5.74, 6) is -0.122. The maximum Gasteiger partial charge on any atom is 0.255 e. The molecule has 2 amide bonds. The zero-order valence-electron chi connectivity index (χ0n) is 10.9. The highest BCUT2D eigenvalue weighted by atomic mass is 35.5. The van der Waals surface area contributed by atoms with E-state index >= 15 is 0 Å². The number of amides is 2. The van der Waals surface area contributed by atoms with Gasteiger partial charge in [-0.15, -0.1) is 11.3 Å². The van der Waals surface area contributed by atoms with Crippen molar-refractivity contribution in [3.63, 3.8) is 0 Å². The van der Waals surface area contributed by atoms with Crippen LogP contribution >= 0.6 is 22.9 Å². The fraction of sp³-hybridized carbons (Fsp3) is 0.200. The molecule has 1 unspecified atom stereocenters. The minimum absolute atomic E-state index is 0.0292. The van der Waals surface area contributed by atoms with Gasteiger partial charge in [0, 0.05) is 16.5 Å². The zero-order valence-corrected chi connectivity index (χ0v) is 12.5. The van der Waals surface area contributed by atoms with Crippen LogP contribution < -0.4 is 5.32 Å². The number of anilines is 1. The summed E-state index contributed by atoms with van der Waals surface area (Å²) in [7, 11) is 0. The molecule has 4 rings (SSSR count). The van der Waals surface area contributed by atoms with E-state index in [9.17, 15) is 9.59 Å². The number of benzene rings is 1.